The molecule has 38 heavy (non-hydrogen) atoms. The Bertz CT molecular complexity index is 1200. The first kappa shape index (κ1) is 27.4. The van der Waals surface area contributed by atoms with Crippen LogP contribution in [0.25, 0.3) is 11.0 Å². The van der Waals surface area contributed by atoms with Crippen LogP contribution in [-0.2, 0) is 21.1 Å². The molecule has 3 fully saturated rings. The van der Waals surface area contributed by atoms with Gasteiger partial charge in [0.2, 0.25) is 17.7 Å². The summed E-state index contributed by atoms with van der Waals surface area (Å²) in [5.41, 5.74) is 1.56. The number of aliphatic hydroxyl groups is 1. The van der Waals surface area contributed by atoms with Gasteiger partial charge < -0.3 is 20.6 Å². The lowest BCUT2D eigenvalue weighted by Crippen LogP contribution is -2.55. The molecule has 3 N–H and O–H groups in total. The number of likely N-dealkylation sites (tertiary alicyclic amines) is 1. The highest BCUT2D eigenvalue weighted by Crippen LogP contribution is 2.67. The van der Waals surface area contributed by atoms with E-state index in [-0.39, 0.29) is 41.1 Å². The number of carbonyl (C=O) groups excluding carboxylic acids is 3. The number of alkyl halides is 1. The molecule has 0 saturated carbocycles. The van der Waals surface area contributed by atoms with Gasteiger partial charge in [0, 0.05) is 29.8 Å². The van der Waals surface area contributed by atoms with Gasteiger partial charge in [0.15, 0.2) is 0 Å². The lowest BCUT2D eigenvalue weighted by atomic mass is 9.70. The van der Waals surface area contributed by atoms with Crippen LogP contribution in [0.3, 0.4) is 0 Å². The molecule has 1 spiro atoms. The number of aromatic nitrogens is 3. The molecule has 0 aliphatic carbocycles. The second kappa shape index (κ2) is 11.5. The first-order valence-corrected chi connectivity index (χ1v) is 15.3. The number of rotatable bonds is 12. The summed E-state index contributed by atoms with van der Waals surface area (Å²) in [6, 6.07) is 6.88. The molecule has 3 aliphatic rings. The zero-order valence-corrected chi connectivity index (χ0v) is 23.9. The number of unbranched alkanes of at least 4 members (excludes halogenated alkanes) is 3. The Kier molecular flexibility index (Phi) is 8.30. The number of aliphatic hydroxyl groups excluding tert-OH is 1. The summed E-state index contributed by atoms with van der Waals surface area (Å²) in [5.74, 6) is -1.40. The number of nitrogens with one attached hydrogen (secondary N) is 2. The number of nitrogens with zero attached hydrogens (tertiary/aromatic N) is 4. The minimum Gasteiger partial charge on any atom is -0.396 e. The van der Waals surface area contributed by atoms with Crippen molar-refractivity contribution in [2.75, 3.05) is 19.7 Å². The minimum atomic E-state index is -0.674. The first-order valence-electron chi connectivity index (χ1n) is 13.5. The smallest absolute Gasteiger partial charge is 0.245 e. The molecule has 10 nitrogen and oxygen atoms in total. The Morgan fingerprint density at radius 2 is 1.97 bits per heavy atom. The lowest BCUT2D eigenvalue weighted by molar-refractivity contribution is -0.140. The van der Waals surface area contributed by atoms with Gasteiger partial charge in [-0.1, -0.05) is 53.0 Å². The van der Waals surface area contributed by atoms with E-state index in [4.69, 9.17) is 5.11 Å². The second-order valence-corrected chi connectivity index (χ2v) is 13.1. The first-order chi connectivity index (χ1) is 18.4. The Balaban J connectivity index is 1.40. The number of thioether (sulfide) groups is 1. The molecular weight excluding hydrogens is 572 g/mol. The quantitative estimate of drug-likeness (QED) is 0.249. The standard InChI is InChI=1S/C26H35BrN6O4S/c1-2-11-28-23(35)19-20-25(37)32(12-7-3-4-8-13-34)22(26(20)14-16(27)21(19)38-26)24(36)29-15-33-18-10-6-5-9-17(18)30-31-33/h5-6,9-10,16,19-22,34H,2-4,7-8,11-15H2,1H3,(H,28,35)(H,29,36)/t16?,19-,20+,21-,22?,26?/m1/s1. The lowest BCUT2D eigenvalue weighted by Gasteiger charge is -2.35. The van der Waals surface area contributed by atoms with Crippen molar-refractivity contribution >= 4 is 56.4 Å². The number of halogens is 1. The van der Waals surface area contributed by atoms with Crippen molar-refractivity contribution < 1.29 is 19.5 Å². The van der Waals surface area contributed by atoms with Crippen molar-refractivity contribution in [2.45, 2.75) is 73.0 Å². The molecule has 3 unspecified atom stereocenters. The van der Waals surface area contributed by atoms with E-state index in [1.165, 1.54) is 0 Å². The zero-order valence-electron chi connectivity index (χ0n) is 21.5. The monoisotopic (exact) mass is 606 g/mol. The molecule has 12 heteroatoms. The number of benzene rings is 1. The highest BCUT2D eigenvalue weighted by molar-refractivity contribution is 9.09. The van der Waals surface area contributed by atoms with E-state index >= 15 is 0 Å². The molecule has 3 aliphatic heterocycles. The number of hydrogen-bond acceptors (Lipinski definition) is 7. The van der Waals surface area contributed by atoms with Gasteiger partial charge in [0.05, 0.1) is 22.1 Å². The molecule has 4 heterocycles. The summed E-state index contributed by atoms with van der Waals surface area (Å²) in [7, 11) is 0. The van der Waals surface area contributed by atoms with Gasteiger partial charge in [-0.3, -0.25) is 14.4 Å². The molecule has 0 radical (unpaired) electrons. The van der Waals surface area contributed by atoms with Crippen LogP contribution in [-0.4, -0.2) is 83.3 Å². The summed E-state index contributed by atoms with van der Waals surface area (Å²) in [5, 5.41) is 23.4. The Labute approximate surface area is 234 Å². The minimum absolute atomic E-state index is 0.0491. The Morgan fingerprint density at radius 3 is 2.76 bits per heavy atom. The van der Waals surface area contributed by atoms with Crippen LogP contribution in [0, 0.1) is 11.8 Å². The molecule has 2 aromatic rings. The van der Waals surface area contributed by atoms with Crippen molar-refractivity contribution in [3.05, 3.63) is 24.3 Å². The van der Waals surface area contributed by atoms with Crippen LogP contribution < -0.4 is 10.6 Å². The number of amides is 3. The fraction of sp³-hybridized carbons (Fsp3) is 0.654. The molecule has 1 aromatic heterocycles. The predicted octanol–water partition coefficient (Wildman–Crippen LogP) is 2.05. The SMILES string of the molecule is CCCNC(=O)[C@H]1[C@@H]2SC3(CC2Br)C(C(=O)NCn2nnc4ccccc42)N(CCCCCCO)C(=O)[C@H]13. The van der Waals surface area contributed by atoms with Crippen molar-refractivity contribution in [3.8, 4) is 0 Å². The second-order valence-electron chi connectivity index (χ2n) is 10.4. The van der Waals surface area contributed by atoms with Gasteiger partial charge in [0.25, 0.3) is 0 Å². The fourth-order valence-corrected chi connectivity index (χ4v) is 9.98. The highest BCUT2D eigenvalue weighted by atomic mass is 79.9. The average Bonchev–Trinajstić information content (AvgIpc) is 3.63. The third kappa shape index (κ3) is 4.72. The Hall–Kier alpha value is -2.18. The Morgan fingerprint density at radius 1 is 1.18 bits per heavy atom. The molecule has 6 atom stereocenters. The normalized spacial score (nSPS) is 29.7. The number of para-hydroxylation sites is 1. The molecule has 3 amide bonds. The van der Waals surface area contributed by atoms with Crippen LogP contribution >= 0.6 is 27.7 Å². The van der Waals surface area contributed by atoms with E-state index in [0.29, 0.717) is 19.5 Å². The third-order valence-electron chi connectivity index (χ3n) is 8.02. The van der Waals surface area contributed by atoms with E-state index in [9.17, 15) is 14.4 Å². The summed E-state index contributed by atoms with van der Waals surface area (Å²) >= 11 is 5.44. The van der Waals surface area contributed by atoms with Gasteiger partial charge in [-0.05, 0) is 37.8 Å². The summed E-state index contributed by atoms with van der Waals surface area (Å²) in [4.78, 5) is 43.0. The van der Waals surface area contributed by atoms with E-state index < -0.39 is 22.6 Å². The van der Waals surface area contributed by atoms with Gasteiger partial charge in [-0.2, -0.15) is 0 Å². The third-order valence-corrected chi connectivity index (χ3v) is 11.2. The van der Waals surface area contributed by atoms with Crippen molar-refractivity contribution in [2.24, 2.45) is 11.8 Å². The largest absolute Gasteiger partial charge is 0.396 e. The molecule has 206 valence electrons. The number of hydrogen-bond donors (Lipinski definition) is 3. The number of fused-ring (bicyclic) bond motifs is 2. The van der Waals surface area contributed by atoms with Crippen molar-refractivity contribution in [3.63, 3.8) is 0 Å². The summed E-state index contributed by atoms with van der Waals surface area (Å²) in [6.07, 6.45) is 4.66. The van der Waals surface area contributed by atoms with Crippen LogP contribution in [0.15, 0.2) is 24.3 Å². The average molecular weight is 608 g/mol. The van der Waals surface area contributed by atoms with Crippen molar-refractivity contribution in [1.82, 2.24) is 30.5 Å². The van der Waals surface area contributed by atoms with Gasteiger partial charge >= 0.3 is 0 Å². The molecular formula is C26H35BrN6O4S. The molecule has 5 rings (SSSR count). The zero-order chi connectivity index (χ0) is 26.9. The maximum Gasteiger partial charge on any atom is 0.245 e. The van der Waals surface area contributed by atoms with Gasteiger partial charge in [-0.25, -0.2) is 4.68 Å². The van der Waals surface area contributed by atoms with Gasteiger partial charge in [0.1, 0.15) is 18.2 Å². The fourth-order valence-electron chi connectivity index (χ4n) is 6.37. The molecule has 2 bridgehead atoms. The van der Waals surface area contributed by atoms with Gasteiger partial charge in [-0.15, -0.1) is 16.9 Å². The predicted molar refractivity (Wildman–Crippen MR) is 148 cm³/mol. The maximum absolute atomic E-state index is 14.0. The van der Waals surface area contributed by atoms with Crippen LogP contribution in [0.2, 0.25) is 0 Å². The van der Waals surface area contributed by atoms with Crippen LogP contribution in [0.5, 0.6) is 0 Å². The van der Waals surface area contributed by atoms with E-state index in [0.717, 1.165) is 43.1 Å². The van der Waals surface area contributed by atoms with Crippen molar-refractivity contribution in [1.29, 1.82) is 0 Å². The molecule has 1 aromatic carbocycles. The van der Waals surface area contributed by atoms with E-state index in [1.54, 1.807) is 21.3 Å². The van der Waals surface area contributed by atoms with Crippen LogP contribution in [0.1, 0.15) is 45.4 Å². The summed E-state index contributed by atoms with van der Waals surface area (Å²) in [6.45, 7) is 3.31. The maximum atomic E-state index is 14.0. The molecule has 3 saturated heterocycles. The topological polar surface area (TPSA) is 129 Å². The van der Waals surface area contributed by atoms with E-state index in [2.05, 4.69) is 36.9 Å². The highest BCUT2D eigenvalue weighted by Gasteiger charge is 2.75. The van der Waals surface area contributed by atoms with E-state index in [1.807, 2.05) is 31.2 Å². The summed E-state index contributed by atoms with van der Waals surface area (Å²) < 4.78 is 0.982. The van der Waals surface area contributed by atoms with Crippen LogP contribution in [0.4, 0.5) is 0 Å². The number of carbonyl (C=O) groups is 3.